The molecule has 0 bridgehead atoms. The Morgan fingerprint density at radius 3 is 2.57 bits per heavy atom. The summed E-state index contributed by atoms with van der Waals surface area (Å²) in [5.41, 5.74) is 7.63. The highest BCUT2D eigenvalue weighted by Crippen LogP contribution is 2.26. The average Bonchev–Trinajstić information content (AvgIpc) is 3.00. The number of methoxy groups -OCH3 is 1. The Labute approximate surface area is 129 Å². The molecule has 2 rings (SSSR count). The van der Waals surface area contributed by atoms with E-state index in [1.165, 1.54) is 31.2 Å². The van der Waals surface area contributed by atoms with Gasteiger partial charge in [-0.15, -0.1) is 0 Å². The van der Waals surface area contributed by atoms with Gasteiger partial charge in [-0.3, -0.25) is 4.90 Å². The first-order valence-electron chi connectivity index (χ1n) is 8.23. The summed E-state index contributed by atoms with van der Waals surface area (Å²) in [6.07, 6.45) is 5.40. The van der Waals surface area contributed by atoms with Crippen molar-refractivity contribution >= 4 is 0 Å². The van der Waals surface area contributed by atoms with Gasteiger partial charge in [-0.1, -0.05) is 38.8 Å². The minimum absolute atomic E-state index is 0.0550. The van der Waals surface area contributed by atoms with Crippen molar-refractivity contribution in [3.63, 3.8) is 0 Å². The number of rotatable bonds is 7. The van der Waals surface area contributed by atoms with E-state index in [-0.39, 0.29) is 6.04 Å². The molecule has 0 heterocycles. The summed E-state index contributed by atoms with van der Waals surface area (Å²) < 4.78 is 5.31. The molecule has 0 radical (unpaired) electrons. The minimum Gasteiger partial charge on any atom is -0.497 e. The summed E-state index contributed by atoms with van der Waals surface area (Å²) in [6, 6.07) is 8.95. The molecule has 1 atom stereocenters. The zero-order valence-corrected chi connectivity index (χ0v) is 13.7. The van der Waals surface area contributed by atoms with E-state index in [4.69, 9.17) is 10.5 Å². The standard InChI is InChI=1S/C18H30N2O/c1-14(2)12-20(16-8-4-5-9-16)13-18(19)15-7-6-10-17(11-15)21-3/h6-7,10-11,14,16,18H,4-5,8-9,12-13,19H2,1-3H3. The average molecular weight is 290 g/mol. The number of hydrogen-bond donors (Lipinski definition) is 1. The third kappa shape index (κ3) is 4.72. The number of nitrogens with two attached hydrogens (primary N) is 1. The molecule has 1 aliphatic carbocycles. The van der Waals surface area contributed by atoms with Gasteiger partial charge in [-0.2, -0.15) is 0 Å². The van der Waals surface area contributed by atoms with Gasteiger partial charge in [0.15, 0.2) is 0 Å². The summed E-state index contributed by atoms with van der Waals surface area (Å²) in [7, 11) is 1.70. The molecule has 0 amide bonds. The van der Waals surface area contributed by atoms with Crippen LogP contribution in [0.4, 0.5) is 0 Å². The zero-order chi connectivity index (χ0) is 15.2. The maximum absolute atomic E-state index is 6.47. The fraction of sp³-hybridized carbons (Fsp3) is 0.667. The molecule has 0 aliphatic heterocycles. The highest BCUT2D eigenvalue weighted by molar-refractivity contribution is 5.30. The molecule has 2 N–H and O–H groups in total. The Bertz CT molecular complexity index is 427. The van der Waals surface area contributed by atoms with Crippen LogP contribution in [0.25, 0.3) is 0 Å². The molecular formula is C18H30N2O. The largest absolute Gasteiger partial charge is 0.497 e. The van der Waals surface area contributed by atoms with Gasteiger partial charge in [-0.25, -0.2) is 0 Å². The first-order valence-corrected chi connectivity index (χ1v) is 8.23. The van der Waals surface area contributed by atoms with Crippen molar-refractivity contribution in [2.24, 2.45) is 11.7 Å². The molecule has 1 aliphatic rings. The van der Waals surface area contributed by atoms with Gasteiger partial charge in [0, 0.05) is 25.2 Å². The summed E-state index contributed by atoms with van der Waals surface area (Å²) in [4.78, 5) is 2.61. The predicted octanol–water partition coefficient (Wildman–Crippen LogP) is 3.60. The summed E-state index contributed by atoms with van der Waals surface area (Å²) in [5.74, 6) is 1.57. The van der Waals surface area contributed by atoms with E-state index >= 15 is 0 Å². The Morgan fingerprint density at radius 1 is 1.24 bits per heavy atom. The fourth-order valence-corrected chi connectivity index (χ4v) is 3.34. The second-order valence-corrected chi connectivity index (χ2v) is 6.67. The quantitative estimate of drug-likeness (QED) is 0.834. The summed E-state index contributed by atoms with van der Waals surface area (Å²) >= 11 is 0. The van der Waals surface area contributed by atoms with Crippen LogP contribution in [0.15, 0.2) is 24.3 Å². The maximum atomic E-state index is 6.47. The molecule has 1 unspecified atom stereocenters. The Hall–Kier alpha value is -1.06. The van der Waals surface area contributed by atoms with Gasteiger partial charge in [0.2, 0.25) is 0 Å². The molecule has 1 saturated carbocycles. The van der Waals surface area contributed by atoms with Crippen LogP contribution in [-0.2, 0) is 0 Å². The minimum atomic E-state index is 0.0550. The molecule has 0 saturated heterocycles. The SMILES string of the molecule is COc1cccc(C(N)CN(CC(C)C)C2CCCC2)c1. The van der Waals surface area contributed by atoms with E-state index in [1.807, 2.05) is 12.1 Å². The lowest BCUT2D eigenvalue weighted by Crippen LogP contribution is -2.41. The van der Waals surface area contributed by atoms with Crippen LogP contribution in [0.2, 0.25) is 0 Å². The van der Waals surface area contributed by atoms with Crippen LogP contribution in [0.5, 0.6) is 5.75 Å². The van der Waals surface area contributed by atoms with Gasteiger partial charge in [0.05, 0.1) is 7.11 Å². The summed E-state index contributed by atoms with van der Waals surface area (Å²) in [6.45, 7) is 6.66. The normalized spacial score (nSPS) is 17.6. The van der Waals surface area contributed by atoms with Crippen molar-refractivity contribution in [3.8, 4) is 5.75 Å². The Balaban J connectivity index is 2.03. The molecule has 0 spiro atoms. The van der Waals surface area contributed by atoms with Crippen molar-refractivity contribution in [3.05, 3.63) is 29.8 Å². The van der Waals surface area contributed by atoms with Gasteiger partial charge >= 0.3 is 0 Å². The highest BCUT2D eigenvalue weighted by Gasteiger charge is 2.25. The highest BCUT2D eigenvalue weighted by atomic mass is 16.5. The molecule has 3 nitrogen and oxygen atoms in total. The predicted molar refractivity (Wildman–Crippen MR) is 88.6 cm³/mol. The fourth-order valence-electron chi connectivity index (χ4n) is 3.34. The Morgan fingerprint density at radius 2 is 1.95 bits per heavy atom. The van der Waals surface area contributed by atoms with Gasteiger partial charge in [0.25, 0.3) is 0 Å². The third-order valence-electron chi connectivity index (χ3n) is 4.39. The molecule has 0 aromatic heterocycles. The second kappa shape index (κ2) is 7.81. The molecule has 1 aromatic rings. The van der Waals surface area contributed by atoms with E-state index in [0.29, 0.717) is 5.92 Å². The molecule has 1 fully saturated rings. The number of hydrogen-bond acceptors (Lipinski definition) is 3. The van der Waals surface area contributed by atoms with E-state index in [9.17, 15) is 0 Å². The molecule has 1 aromatic carbocycles. The van der Waals surface area contributed by atoms with Gasteiger partial charge in [0.1, 0.15) is 5.75 Å². The van der Waals surface area contributed by atoms with E-state index in [2.05, 4.69) is 30.9 Å². The van der Waals surface area contributed by atoms with Crippen molar-refractivity contribution in [2.45, 2.75) is 51.6 Å². The van der Waals surface area contributed by atoms with Crippen molar-refractivity contribution in [2.75, 3.05) is 20.2 Å². The molecule has 118 valence electrons. The first-order chi connectivity index (χ1) is 10.1. The third-order valence-corrected chi connectivity index (χ3v) is 4.39. The van der Waals surface area contributed by atoms with Crippen molar-refractivity contribution in [1.29, 1.82) is 0 Å². The monoisotopic (exact) mass is 290 g/mol. The Kier molecular flexibility index (Phi) is 6.07. The second-order valence-electron chi connectivity index (χ2n) is 6.67. The van der Waals surface area contributed by atoms with E-state index in [0.717, 1.165) is 24.9 Å². The summed E-state index contributed by atoms with van der Waals surface area (Å²) in [5, 5.41) is 0. The van der Waals surface area contributed by atoms with Crippen LogP contribution >= 0.6 is 0 Å². The maximum Gasteiger partial charge on any atom is 0.119 e. The first kappa shape index (κ1) is 16.3. The zero-order valence-electron chi connectivity index (χ0n) is 13.7. The van der Waals surface area contributed by atoms with Crippen LogP contribution in [-0.4, -0.2) is 31.1 Å². The van der Waals surface area contributed by atoms with Crippen LogP contribution in [0.3, 0.4) is 0 Å². The lowest BCUT2D eigenvalue weighted by Gasteiger charge is -2.32. The number of benzene rings is 1. The molecule has 3 heteroatoms. The van der Waals surface area contributed by atoms with Crippen molar-refractivity contribution in [1.82, 2.24) is 4.90 Å². The van der Waals surface area contributed by atoms with E-state index in [1.54, 1.807) is 7.11 Å². The van der Waals surface area contributed by atoms with Crippen LogP contribution in [0, 0.1) is 5.92 Å². The van der Waals surface area contributed by atoms with Gasteiger partial charge in [-0.05, 0) is 36.5 Å². The smallest absolute Gasteiger partial charge is 0.119 e. The topological polar surface area (TPSA) is 38.5 Å². The lowest BCUT2D eigenvalue weighted by molar-refractivity contribution is 0.167. The van der Waals surface area contributed by atoms with Crippen LogP contribution < -0.4 is 10.5 Å². The molecule has 21 heavy (non-hydrogen) atoms. The van der Waals surface area contributed by atoms with Crippen LogP contribution in [0.1, 0.15) is 51.1 Å². The van der Waals surface area contributed by atoms with Gasteiger partial charge < -0.3 is 10.5 Å². The molecular weight excluding hydrogens is 260 g/mol. The number of ether oxygens (including phenoxy) is 1. The van der Waals surface area contributed by atoms with E-state index < -0.39 is 0 Å². The lowest BCUT2D eigenvalue weighted by atomic mass is 10.0. The van der Waals surface area contributed by atoms with Crippen molar-refractivity contribution < 1.29 is 4.74 Å². The number of nitrogens with zero attached hydrogens (tertiary/aromatic N) is 1.